The van der Waals surface area contributed by atoms with Gasteiger partial charge in [0.2, 0.25) is 10.0 Å². The fraction of sp³-hybridized carbons (Fsp3) is 0.471. The van der Waals surface area contributed by atoms with Gasteiger partial charge in [-0.2, -0.15) is 0 Å². The van der Waals surface area contributed by atoms with Crippen molar-refractivity contribution in [2.45, 2.75) is 25.3 Å². The Hall–Kier alpha value is -1.70. The minimum Gasteiger partial charge on any atom is -0.341 e. The predicted octanol–water partition coefficient (Wildman–Crippen LogP) is 2.15. The number of imidazole rings is 1. The Kier molecular flexibility index (Phi) is 5.33. The molecule has 1 aliphatic heterocycles. The van der Waals surface area contributed by atoms with Gasteiger partial charge in [-0.3, -0.25) is 4.90 Å². The number of hydrogen-bond acceptors (Lipinski definition) is 4. The Balaban J connectivity index is 1.70. The van der Waals surface area contributed by atoms with Gasteiger partial charge in [-0.25, -0.2) is 18.1 Å². The van der Waals surface area contributed by atoms with Crippen LogP contribution in [0.5, 0.6) is 0 Å². The first kappa shape index (κ1) is 17.1. The Morgan fingerprint density at radius 1 is 1.29 bits per heavy atom. The zero-order valence-electron chi connectivity index (χ0n) is 13.9. The quantitative estimate of drug-likeness (QED) is 0.838. The molecule has 1 atom stereocenters. The van der Waals surface area contributed by atoms with Crippen molar-refractivity contribution in [3.8, 4) is 11.3 Å². The number of likely N-dealkylation sites (tertiary alicyclic amines) is 1. The molecule has 1 aromatic heterocycles. The van der Waals surface area contributed by atoms with Gasteiger partial charge in [0, 0.05) is 13.1 Å². The van der Waals surface area contributed by atoms with Crippen LogP contribution in [0.25, 0.3) is 11.3 Å². The molecule has 1 aromatic carbocycles. The van der Waals surface area contributed by atoms with Gasteiger partial charge in [0.15, 0.2) is 0 Å². The Labute approximate surface area is 143 Å². The molecule has 0 unspecified atom stereocenters. The van der Waals surface area contributed by atoms with Crippen LogP contribution in [0.3, 0.4) is 0 Å². The lowest BCUT2D eigenvalue weighted by molar-refractivity contribution is 0.146. The highest BCUT2D eigenvalue weighted by Gasteiger charge is 2.26. The third-order valence-electron chi connectivity index (χ3n) is 4.37. The average molecular weight is 348 g/mol. The normalized spacial score (nSPS) is 19.5. The summed E-state index contributed by atoms with van der Waals surface area (Å²) in [5.41, 5.74) is 2.14. The number of H-pyrrole nitrogens is 1. The summed E-state index contributed by atoms with van der Waals surface area (Å²) in [4.78, 5) is 10.3. The van der Waals surface area contributed by atoms with Gasteiger partial charge < -0.3 is 4.98 Å². The number of rotatable bonds is 6. The van der Waals surface area contributed by atoms with E-state index in [1.807, 2.05) is 24.4 Å². The number of nitrogens with one attached hydrogen (secondary N) is 2. The van der Waals surface area contributed by atoms with Crippen LogP contribution < -0.4 is 4.72 Å². The Bertz CT molecular complexity index is 758. The Morgan fingerprint density at radius 2 is 2.08 bits per heavy atom. The van der Waals surface area contributed by atoms with Gasteiger partial charge >= 0.3 is 0 Å². The lowest BCUT2D eigenvalue weighted by Gasteiger charge is -2.34. The molecule has 24 heavy (non-hydrogen) atoms. The maximum absolute atomic E-state index is 11.2. The number of nitrogens with zero attached hydrogens (tertiary/aromatic N) is 2. The van der Waals surface area contributed by atoms with E-state index in [4.69, 9.17) is 0 Å². The van der Waals surface area contributed by atoms with Crippen LogP contribution >= 0.6 is 0 Å². The van der Waals surface area contributed by atoms with Crippen molar-refractivity contribution in [2.24, 2.45) is 0 Å². The van der Waals surface area contributed by atoms with Crippen LogP contribution in [-0.4, -0.2) is 49.2 Å². The van der Waals surface area contributed by atoms with E-state index < -0.39 is 10.0 Å². The van der Waals surface area contributed by atoms with Crippen LogP contribution in [0.15, 0.2) is 36.5 Å². The summed E-state index contributed by atoms with van der Waals surface area (Å²) >= 11 is 0. The van der Waals surface area contributed by atoms with Crippen LogP contribution in [0.4, 0.5) is 0 Å². The molecule has 1 fully saturated rings. The third-order valence-corrected chi connectivity index (χ3v) is 5.10. The molecule has 0 saturated carbocycles. The number of sulfonamides is 1. The summed E-state index contributed by atoms with van der Waals surface area (Å²) in [5, 5.41) is 0. The van der Waals surface area contributed by atoms with E-state index >= 15 is 0 Å². The van der Waals surface area contributed by atoms with E-state index in [0.717, 1.165) is 36.5 Å². The number of aromatic nitrogens is 2. The lowest BCUT2D eigenvalue weighted by Crippen LogP contribution is -2.39. The minimum atomic E-state index is -3.14. The third kappa shape index (κ3) is 4.43. The molecular formula is C17H24N4O2S. The van der Waals surface area contributed by atoms with Crippen molar-refractivity contribution in [2.75, 3.05) is 25.9 Å². The van der Waals surface area contributed by atoms with Gasteiger partial charge in [0.05, 0.1) is 24.2 Å². The van der Waals surface area contributed by atoms with E-state index in [0.29, 0.717) is 13.1 Å². The SMILES string of the molecule is CS(=O)(=O)NCCN1CCCC[C@@H]1c1ncc(-c2ccccc2)[nH]1. The minimum absolute atomic E-state index is 0.220. The van der Waals surface area contributed by atoms with Gasteiger partial charge in [0.25, 0.3) is 0 Å². The summed E-state index contributed by atoms with van der Waals surface area (Å²) in [6, 6.07) is 10.4. The smallest absolute Gasteiger partial charge is 0.208 e. The summed E-state index contributed by atoms with van der Waals surface area (Å²) < 4.78 is 25.0. The van der Waals surface area contributed by atoms with Gasteiger partial charge in [-0.15, -0.1) is 0 Å². The molecule has 130 valence electrons. The number of hydrogen-bond donors (Lipinski definition) is 2. The van der Waals surface area contributed by atoms with E-state index in [1.165, 1.54) is 12.7 Å². The number of benzene rings is 1. The first-order valence-corrected chi connectivity index (χ1v) is 10.2. The molecule has 0 aliphatic carbocycles. The highest BCUT2D eigenvalue weighted by molar-refractivity contribution is 7.88. The second-order valence-electron chi connectivity index (χ2n) is 6.26. The van der Waals surface area contributed by atoms with Crippen LogP contribution in [0, 0.1) is 0 Å². The highest BCUT2D eigenvalue weighted by atomic mass is 32.2. The number of piperidine rings is 1. The summed E-state index contributed by atoms with van der Waals surface area (Å²) in [6.45, 7) is 2.10. The second-order valence-corrected chi connectivity index (χ2v) is 8.10. The fourth-order valence-electron chi connectivity index (χ4n) is 3.21. The van der Waals surface area contributed by atoms with Crippen molar-refractivity contribution < 1.29 is 8.42 Å². The molecule has 2 N–H and O–H groups in total. The summed E-state index contributed by atoms with van der Waals surface area (Å²) in [7, 11) is -3.14. The molecular weight excluding hydrogens is 324 g/mol. The van der Waals surface area contributed by atoms with Crippen molar-refractivity contribution in [3.05, 3.63) is 42.4 Å². The van der Waals surface area contributed by atoms with Gasteiger partial charge in [0.1, 0.15) is 5.82 Å². The van der Waals surface area contributed by atoms with Crippen LogP contribution in [0.2, 0.25) is 0 Å². The standard InChI is InChI=1S/C17H24N4O2S/c1-24(22,23)19-10-12-21-11-6-5-9-16(21)17-18-13-15(20-17)14-7-3-2-4-8-14/h2-4,7-8,13,16,19H,5-6,9-12H2,1H3,(H,18,20)/t16-/m1/s1. The fourth-order valence-corrected chi connectivity index (χ4v) is 3.68. The van der Waals surface area contributed by atoms with E-state index in [1.54, 1.807) is 0 Å². The molecule has 7 heteroatoms. The largest absolute Gasteiger partial charge is 0.341 e. The lowest BCUT2D eigenvalue weighted by atomic mass is 10.0. The molecule has 1 aliphatic rings. The van der Waals surface area contributed by atoms with Gasteiger partial charge in [-0.1, -0.05) is 36.8 Å². The molecule has 2 aromatic rings. The van der Waals surface area contributed by atoms with Crippen LogP contribution in [0.1, 0.15) is 31.1 Å². The molecule has 2 heterocycles. The van der Waals surface area contributed by atoms with Crippen molar-refractivity contribution in [3.63, 3.8) is 0 Å². The van der Waals surface area contributed by atoms with Crippen molar-refractivity contribution in [1.82, 2.24) is 19.6 Å². The van der Waals surface area contributed by atoms with Crippen molar-refractivity contribution in [1.29, 1.82) is 0 Å². The van der Waals surface area contributed by atoms with E-state index in [9.17, 15) is 8.42 Å². The molecule has 6 nitrogen and oxygen atoms in total. The molecule has 0 spiro atoms. The molecule has 0 radical (unpaired) electrons. The summed E-state index contributed by atoms with van der Waals surface area (Å²) in [6.07, 6.45) is 6.43. The van der Waals surface area contributed by atoms with E-state index in [2.05, 4.69) is 31.7 Å². The first-order chi connectivity index (χ1) is 11.5. The predicted molar refractivity (Wildman–Crippen MR) is 95.0 cm³/mol. The molecule has 3 rings (SSSR count). The number of aromatic amines is 1. The van der Waals surface area contributed by atoms with Crippen molar-refractivity contribution >= 4 is 10.0 Å². The van der Waals surface area contributed by atoms with E-state index in [-0.39, 0.29) is 6.04 Å². The molecule has 1 saturated heterocycles. The van der Waals surface area contributed by atoms with Crippen LogP contribution in [-0.2, 0) is 10.0 Å². The second kappa shape index (κ2) is 7.46. The maximum atomic E-state index is 11.2. The zero-order chi connectivity index (χ0) is 17.0. The molecule has 0 bridgehead atoms. The topological polar surface area (TPSA) is 78.1 Å². The Morgan fingerprint density at radius 3 is 2.83 bits per heavy atom. The first-order valence-electron chi connectivity index (χ1n) is 8.32. The highest BCUT2D eigenvalue weighted by Crippen LogP contribution is 2.30. The molecule has 0 amide bonds. The average Bonchev–Trinajstić information content (AvgIpc) is 3.05. The maximum Gasteiger partial charge on any atom is 0.208 e. The monoisotopic (exact) mass is 348 g/mol. The zero-order valence-corrected chi connectivity index (χ0v) is 14.7. The summed E-state index contributed by atoms with van der Waals surface area (Å²) in [5.74, 6) is 0.966. The van der Waals surface area contributed by atoms with Gasteiger partial charge in [-0.05, 0) is 24.9 Å².